The number of fused-ring (bicyclic) bond motifs is 1. The first-order chi connectivity index (χ1) is 12.5. The molecule has 0 radical (unpaired) electrons. The summed E-state index contributed by atoms with van der Waals surface area (Å²) in [7, 11) is 0. The molecular formula is C20H18FNO3S. The van der Waals surface area contributed by atoms with Crippen molar-refractivity contribution in [1.82, 2.24) is 5.32 Å². The molecule has 1 aromatic heterocycles. The molecule has 6 heteroatoms. The smallest absolute Gasteiger partial charge is 0.349 e. The van der Waals surface area contributed by atoms with Gasteiger partial charge in [-0.1, -0.05) is 36.4 Å². The molecule has 0 fully saturated rings. The molecule has 2 aromatic carbocycles. The fourth-order valence-corrected chi connectivity index (χ4v) is 3.51. The van der Waals surface area contributed by atoms with Crippen LogP contribution in [0.15, 0.2) is 54.6 Å². The molecule has 134 valence electrons. The van der Waals surface area contributed by atoms with Crippen molar-refractivity contribution in [1.29, 1.82) is 0 Å². The lowest BCUT2D eigenvalue weighted by Crippen LogP contribution is -2.37. The Hall–Kier alpha value is -2.73. The Kier molecular flexibility index (Phi) is 5.32. The molecule has 0 aliphatic rings. The van der Waals surface area contributed by atoms with Gasteiger partial charge in [-0.2, -0.15) is 0 Å². The van der Waals surface area contributed by atoms with Crippen LogP contribution in [0.1, 0.15) is 35.1 Å². The van der Waals surface area contributed by atoms with E-state index < -0.39 is 12.1 Å². The minimum absolute atomic E-state index is 0.205. The lowest BCUT2D eigenvalue weighted by molar-refractivity contribution is -0.129. The Morgan fingerprint density at radius 2 is 1.81 bits per heavy atom. The fraction of sp³-hybridized carbons (Fsp3) is 0.200. The first-order valence-electron chi connectivity index (χ1n) is 8.20. The summed E-state index contributed by atoms with van der Waals surface area (Å²) in [6.07, 6.45) is -0.955. The van der Waals surface area contributed by atoms with Gasteiger partial charge in [0.2, 0.25) is 0 Å². The molecule has 2 unspecified atom stereocenters. The number of rotatable bonds is 5. The number of esters is 1. The molecule has 3 aromatic rings. The van der Waals surface area contributed by atoms with Gasteiger partial charge in [0.15, 0.2) is 6.10 Å². The summed E-state index contributed by atoms with van der Waals surface area (Å²) in [5.41, 5.74) is 0.958. The summed E-state index contributed by atoms with van der Waals surface area (Å²) < 4.78 is 19.6. The third-order valence-corrected chi connectivity index (χ3v) is 5.10. The average Bonchev–Trinajstić information content (AvgIpc) is 3.08. The van der Waals surface area contributed by atoms with Gasteiger partial charge in [-0.3, -0.25) is 4.79 Å². The quantitative estimate of drug-likeness (QED) is 0.674. The van der Waals surface area contributed by atoms with Crippen LogP contribution in [-0.2, 0) is 9.53 Å². The minimum Gasteiger partial charge on any atom is -0.448 e. The van der Waals surface area contributed by atoms with Gasteiger partial charge in [-0.15, -0.1) is 11.3 Å². The van der Waals surface area contributed by atoms with E-state index in [0.717, 1.165) is 16.9 Å². The van der Waals surface area contributed by atoms with Crippen LogP contribution in [0.3, 0.4) is 0 Å². The maximum atomic E-state index is 13.7. The zero-order valence-electron chi connectivity index (χ0n) is 14.4. The van der Waals surface area contributed by atoms with Crippen molar-refractivity contribution in [2.45, 2.75) is 26.0 Å². The summed E-state index contributed by atoms with van der Waals surface area (Å²) in [6.45, 7) is 3.37. The van der Waals surface area contributed by atoms with Gasteiger partial charge in [0.25, 0.3) is 5.91 Å². The van der Waals surface area contributed by atoms with E-state index in [0.29, 0.717) is 10.1 Å². The van der Waals surface area contributed by atoms with Gasteiger partial charge in [0.05, 0.1) is 6.04 Å². The van der Waals surface area contributed by atoms with Crippen LogP contribution in [0.25, 0.3) is 10.1 Å². The number of thiophene rings is 1. The van der Waals surface area contributed by atoms with Gasteiger partial charge < -0.3 is 10.1 Å². The molecule has 26 heavy (non-hydrogen) atoms. The zero-order chi connectivity index (χ0) is 18.7. The molecule has 1 heterocycles. The Morgan fingerprint density at radius 1 is 1.08 bits per heavy atom. The van der Waals surface area contributed by atoms with E-state index >= 15 is 0 Å². The van der Waals surface area contributed by atoms with Gasteiger partial charge in [-0.05, 0) is 37.6 Å². The van der Waals surface area contributed by atoms with Crippen molar-refractivity contribution in [3.63, 3.8) is 0 Å². The highest BCUT2D eigenvalue weighted by atomic mass is 32.1. The molecule has 0 saturated heterocycles. The third kappa shape index (κ3) is 3.91. The van der Waals surface area contributed by atoms with Crippen LogP contribution in [-0.4, -0.2) is 18.0 Å². The Morgan fingerprint density at radius 3 is 2.50 bits per heavy atom. The van der Waals surface area contributed by atoms with E-state index in [4.69, 9.17) is 4.74 Å². The Bertz CT molecular complexity index is 939. The number of nitrogens with one attached hydrogen (secondary N) is 1. The van der Waals surface area contributed by atoms with E-state index in [1.807, 2.05) is 37.3 Å². The monoisotopic (exact) mass is 371 g/mol. The zero-order valence-corrected chi connectivity index (χ0v) is 15.2. The number of hydrogen-bond donors (Lipinski definition) is 1. The number of hydrogen-bond acceptors (Lipinski definition) is 4. The minimum atomic E-state index is -0.955. The van der Waals surface area contributed by atoms with Crippen LogP contribution in [0.5, 0.6) is 0 Å². The number of benzene rings is 2. The van der Waals surface area contributed by atoms with Gasteiger partial charge in [-0.25, -0.2) is 9.18 Å². The van der Waals surface area contributed by atoms with Crippen LogP contribution >= 0.6 is 11.3 Å². The van der Waals surface area contributed by atoms with E-state index in [2.05, 4.69) is 5.32 Å². The van der Waals surface area contributed by atoms with E-state index in [1.54, 1.807) is 12.1 Å². The largest absolute Gasteiger partial charge is 0.448 e. The van der Waals surface area contributed by atoms with E-state index in [1.165, 1.54) is 19.1 Å². The number of amides is 1. The predicted molar refractivity (Wildman–Crippen MR) is 99.7 cm³/mol. The standard InChI is InChI=1S/C20H18FNO3S/c1-12(14-7-4-3-5-8-14)22-19(23)13(2)25-20(24)18-11-15-16(21)9-6-10-17(15)26-18/h3-13H,1-2H3,(H,22,23). The summed E-state index contributed by atoms with van der Waals surface area (Å²) in [5.74, 6) is -1.41. The highest BCUT2D eigenvalue weighted by Gasteiger charge is 2.22. The van der Waals surface area contributed by atoms with E-state index in [9.17, 15) is 14.0 Å². The van der Waals surface area contributed by atoms with Crippen molar-refractivity contribution in [3.8, 4) is 0 Å². The van der Waals surface area contributed by atoms with Crippen molar-refractivity contribution >= 4 is 33.3 Å². The second-order valence-electron chi connectivity index (χ2n) is 5.95. The second kappa shape index (κ2) is 7.66. The molecule has 0 aliphatic carbocycles. The van der Waals surface area contributed by atoms with Crippen molar-refractivity contribution in [2.75, 3.05) is 0 Å². The van der Waals surface area contributed by atoms with Crippen LogP contribution in [0, 0.1) is 5.82 Å². The molecule has 0 aliphatic heterocycles. The lowest BCUT2D eigenvalue weighted by atomic mass is 10.1. The van der Waals surface area contributed by atoms with Gasteiger partial charge in [0, 0.05) is 10.1 Å². The van der Waals surface area contributed by atoms with E-state index in [-0.39, 0.29) is 22.6 Å². The summed E-state index contributed by atoms with van der Waals surface area (Å²) in [4.78, 5) is 24.8. The molecule has 1 N–H and O–H groups in total. The van der Waals surface area contributed by atoms with Crippen LogP contribution in [0.4, 0.5) is 4.39 Å². The van der Waals surface area contributed by atoms with Crippen LogP contribution < -0.4 is 5.32 Å². The lowest BCUT2D eigenvalue weighted by Gasteiger charge is -2.18. The van der Waals surface area contributed by atoms with Crippen molar-refractivity contribution < 1.29 is 18.7 Å². The number of ether oxygens (including phenoxy) is 1. The second-order valence-corrected chi connectivity index (χ2v) is 7.03. The molecular weight excluding hydrogens is 353 g/mol. The van der Waals surface area contributed by atoms with Gasteiger partial charge >= 0.3 is 5.97 Å². The normalized spacial score (nSPS) is 13.2. The topological polar surface area (TPSA) is 55.4 Å². The molecule has 0 saturated carbocycles. The first-order valence-corrected chi connectivity index (χ1v) is 9.01. The molecule has 0 spiro atoms. The van der Waals surface area contributed by atoms with Crippen molar-refractivity contribution in [3.05, 3.63) is 70.9 Å². The third-order valence-electron chi connectivity index (χ3n) is 4.02. The summed E-state index contributed by atoms with van der Waals surface area (Å²) in [6, 6.07) is 15.4. The SMILES string of the molecule is CC(OC(=O)c1cc2c(F)cccc2s1)C(=O)NC(C)c1ccccc1. The first kappa shape index (κ1) is 18.1. The van der Waals surface area contributed by atoms with Crippen LogP contribution in [0.2, 0.25) is 0 Å². The summed E-state index contributed by atoms with van der Waals surface area (Å²) in [5, 5.41) is 3.19. The number of carbonyl (C=O) groups excluding carboxylic acids is 2. The summed E-state index contributed by atoms with van der Waals surface area (Å²) >= 11 is 1.14. The molecule has 3 rings (SSSR count). The molecule has 2 atom stereocenters. The highest BCUT2D eigenvalue weighted by Crippen LogP contribution is 2.28. The Labute approximate surface area is 154 Å². The molecule has 0 bridgehead atoms. The highest BCUT2D eigenvalue weighted by molar-refractivity contribution is 7.20. The van der Waals surface area contributed by atoms with Gasteiger partial charge in [0.1, 0.15) is 10.7 Å². The Balaban J connectivity index is 1.64. The predicted octanol–water partition coefficient (Wildman–Crippen LogP) is 4.46. The maximum absolute atomic E-state index is 13.7. The molecule has 1 amide bonds. The fourth-order valence-electron chi connectivity index (χ4n) is 2.55. The maximum Gasteiger partial charge on any atom is 0.349 e. The van der Waals surface area contributed by atoms with Crippen molar-refractivity contribution in [2.24, 2.45) is 0 Å². The average molecular weight is 371 g/mol. The molecule has 4 nitrogen and oxygen atoms in total. The number of halogens is 1. The number of carbonyl (C=O) groups is 2.